The van der Waals surface area contributed by atoms with Crippen LogP contribution in [-0.4, -0.2) is 33.4 Å². The Kier molecular flexibility index (Phi) is 3.52. The lowest BCUT2D eigenvalue weighted by Gasteiger charge is -2.38. The number of aromatic amines is 1. The molecular formula is C11H20BNO3. The van der Waals surface area contributed by atoms with Crippen molar-refractivity contribution in [2.75, 3.05) is 0 Å². The topological polar surface area (TPSA) is 65.5 Å². The SMILES string of the molecule is Cc1ccc(B(O)OC(C)(C)C(C)(C)O)[nH]1. The van der Waals surface area contributed by atoms with E-state index in [1.165, 1.54) is 0 Å². The van der Waals surface area contributed by atoms with E-state index in [-0.39, 0.29) is 0 Å². The van der Waals surface area contributed by atoms with Crippen molar-refractivity contribution in [2.24, 2.45) is 0 Å². The van der Waals surface area contributed by atoms with Crippen molar-refractivity contribution in [3.05, 3.63) is 17.8 Å². The lowest BCUT2D eigenvalue weighted by molar-refractivity contribution is -0.0983. The van der Waals surface area contributed by atoms with E-state index in [9.17, 15) is 10.1 Å². The number of H-pyrrole nitrogens is 1. The highest BCUT2D eigenvalue weighted by molar-refractivity contribution is 6.59. The molecule has 0 fully saturated rings. The predicted molar refractivity (Wildman–Crippen MR) is 64.6 cm³/mol. The Bertz CT molecular complexity index is 354. The van der Waals surface area contributed by atoms with Gasteiger partial charge in [0.05, 0.1) is 11.2 Å². The fourth-order valence-electron chi connectivity index (χ4n) is 1.16. The zero-order chi connectivity index (χ0) is 12.6. The number of hydrogen-bond donors (Lipinski definition) is 3. The first-order valence-electron chi connectivity index (χ1n) is 5.37. The van der Waals surface area contributed by atoms with E-state index in [2.05, 4.69) is 4.98 Å². The van der Waals surface area contributed by atoms with Gasteiger partial charge in [-0.1, -0.05) is 0 Å². The Balaban J connectivity index is 2.75. The van der Waals surface area contributed by atoms with Gasteiger partial charge in [0.1, 0.15) is 0 Å². The summed E-state index contributed by atoms with van der Waals surface area (Å²) in [5.41, 5.74) is -0.324. The van der Waals surface area contributed by atoms with Crippen LogP contribution in [0.25, 0.3) is 0 Å². The number of aromatic nitrogens is 1. The lowest BCUT2D eigenvalue weighted by atomic mass is 9.80. The van der Waals surface area contributed by atoms with Crippen molar-refractivity contribution in [1.82, 2.24) is 4.98 Å². The zero-order valence-corrected chi connectivity index (χ0v) is 10.5. The fourth-order valence-corrected chi connectivity index (χ4v) is 1.16. The molecule has 5 heteroatoms. The maximum Gasteiger partial charge on any atom is 0.508 e. The quantitative estimate of drug-likeness (QED) is 0.656. The van der Waals surface area contributed by atoms with Crippen LogP contribution >= 0.6 is 0 Å². The van der Waals surface area contributed by atoms with Gasteiger partial charge in [-0.05, 0) is 46.8 Å². The smallest absolute Gasteiger partial charge is 0.422 e. The molecule has 0 amide bonds. The zero-order valence-electron chi connectivity index (χ0n) is 10.5. The Labute approximate surface area is 96.8 Å². The van der Waals surface area contributed by atoms with Gasteiger partial charge in [0.25, 0.3) is 0 Å². The summed E-state index contributed by atoms with van der Waals surface area (Å²) in [6.07, 6.45) is 0. The normalized spacial score (nSPS) is 12.9. The van der Waals surface area contributed by atoms with Crippen molar-refractivity contribution in [3.8, 4) is 0 Å². The highest BCUT2D eigenvalue weighted by Gasteiger charge is 2.39. The molecule has 0 saturated heterocycles. The van der Waals surface area contributed by atoms with Crippen molar-refractivity contribution >= 4 is 12.7 Å². The van der Waals surface area contributed by atoms with Crippen LogP contribution in [0.4, 0.5) is 0 Å². The molecule has 0 aliphatic heterocycles. The van der Waals surface area contributed by atoms with Gasteiger partial charge in [0.15, 0.2) is 0 Å². The van der Waals surface area contributed by atoms with Crippen LogP contribution in [0.15, 0.2) is 12.1 Å². The van der Waals surface area contributed by atoms with E-state index in [0.29, 0.717) is 5.59 Å². The van der Waals surface area contributed by atoms with Gasteiger partial charge in [0, 0.05) is 11.3 Å². The minimum Gasteiger partial charge on any atom is -0.422 e. The molecule has 0 spiro atoms. The van der Waals surface area contributed by atoms with E-state index in [0.717, 1.165) is 5.69 Å². The van der Waals surface area contributed by atoms with Gasteiger partial charge in [-0.3, -0.25) is 0 Å². The minimum absolute atomic E-state index is 0.592. The molecule has 16 heavy (non-hydrogen) atoms. The van der Waals surface area contributed by atoms with Crippen molar-refractivity contribution < 1.29 is 14.8 Å². The van der Waals surface area contributed by atoms with Gasteiger partial charge >= 0.3 is 7.12 Å². The summed E-state index contributed by atoms with van der Waals surface area (Å²) in [7, 11) is -1.06. The summed E-state index contributed by atoms with van der Waals surface area (Å²) in [4.78, 5) is 2.99. The molecule has 0 bridgehead atoms. The Morgan fingerprint density at radius 3 is 2.19 bits per heavy atom. The first-order valence-corrected chi connectivity index (χ1v) is 5.37. The van der Waals surface area contributed by atoms with Gasteiger partial charge in [-0.25, -0.2) is 0 Å². The molecule has 4 nitrogen and oxygen atoms in total. The van der Waals surface area contributed by atoms with Gasteiger partial charge in [-0.15, -0.1) is 0 Å². The molecule has 90 valence electrons. The molecule has 0 unspecified atom stereocenters. The van der Waals surface area contributed by atoms with E-state index < -0.39 is 18.3 Å². The largest absolute Gasteiger partial charge is 0.508 e. The van der Waals surface area contributed by atoms with Crippen LogP contribution < -0.4 is 5.59 Å². The van der Waals surface area contributed by atoms with Gasteiger partial charge in [-0.2, -0.15) is 0 Å². The molecule has 0 saturated carbocycles. The highest BCUT2D eigenvalue weighted by atomic mass is 16.5. The number of nitrogens with one attached hydrogen (secondary N) is 1. The maximum atomic E-state index is 9.90. The number of aryl methyl sites for hydroxylation is 1. The second-order valence-electron chi connectivity index (χ2n) is 5.14. The summed E-state index contributed by atoms with van der Waals surface area (Å²) < 4.78 is 5.48. The molecular weight excluding hydrogens is 205 g/mol. The van der Waals surface area contributed by atoms with Gasteiger partial charge < -0.3 is 19.8 Å². The number of hydrogen-bond acceptors (Lipinski definition) is 3. The van der Waals surface area contributed by atoms with Crippen LogP contribution in [0.3, 0.4) is 0 Å². The maximum absolute atomic E-state index is 9.90. The summed E-state index contributed by atoms with van der Waals surface area (Å²) in [6.45, 7) is 8.69. The third-order valence-electron chi connectivity index (χ3n) is 3.00. The van der Waals surface area contributed by atoms with E-state index >= 15 is 0 Å². The standard InChI is InChI=1S/C11H20BNO3/c1-8-6-7-9(13-8)12(15)16-11(4,5)10(2,3)14/h6-7,13-15H,1-5H3. The third kappa shape index (κ3) is 2.87. The van der Waals surface area contributed by atoms with E-state index in [4.69, 9.17) is 4.65 Å². The second-order valence-corrected chi connectivity index (χ2v) is 5.14. The van der Waals surface area contributed by atoms with Crippen LogP contribution in [-0.2, 0) is 4.65 Å². The third-order valence-corrected chi connectivity index (χ3v) is 3.00. The first-order chi connectivity index (χ1) is 7.13. The van der Waals surface area contributed by atoms with E-state index in [1.54, 1.807) is 33.8 Å². The lowest BCUT2D eigenvalue weighted by Crippen LogP contribution is -2.53. The van der Waals surface area contributed by atoms with Crippen molar-refractivity contribution in [2.45, 2.75) is 45.8 Å². The molecule has 1 heterocycles. The summed E-state index contributed by atoms with van der Waals surface area (Å²) >= 11 is 0. The first kappa shape index (κ1) is 13.3. The molecule has 0 atom stereocenters. The molecule has 1 aromatic rings. The molecule has 1 aromatic heterocycles. The fraction of sp³-hybridized carbons (Fsp3) is 0.636. The molecule has 3 N–H and O–H groups in total. The van der Waals surface area contributed by atoms with Crippen molar-refractivity contribution in [3.63, 3.8) is 0 Å². The molecule has 0 aliphatic carbocycles. The molecule has 0 aliphatic rings. The summed E-state index contributed by atoms with van der Waals surface area (Å²) in [5.74, 6) is 0. The molecule has 1 rings (SSSR count). The number of rotatable bonds is 4. The Morgan fingerprint density at radius 2 is 1.81 bits per heavy atom. The monoisotopic (exact) mass is 225 g/mol. The van der Waals surface area contributed by atoms with Crippen LogP contribution in [0.1, 0.15) is 33.4 Å². The average molecular weight is 225 g/mol. The van der Waals surface area contributed by atoms with Crippen LogP contribution in [0.2, 0.25) is 0 Å². The molecule has 0 radical (unpaired) electrons. The second kappa shape index (κ2) is 4.24. The van der Waals surface area contributed by atoms with Crippen LogP contribution in [0.5, 0.6) is 0 Å². The van der Waals surface area contributed by atoms with Crippen LogP contribution in [0, 0.1) is 6.92 Å². The highest BCUT2D eigenvalue weighted by Crippen LogP contribution is 2.25. The number of aliphatic hydroxyl groups is 1. The Morgan fingerprint density at radius 1 is 1.25 bits per heavy atom. The minimum atomic E-state index is -1.06. The summed E-state index contributed by atoms with van der Waals surface area (Å²) in [6, 6.07) is 3.62. The molecule has 0 aromatic carbocycles. The van der Waals surface area contributed by atoms with Gasteiger partial charge in [0.2, 0.25) is 0 Å². The van der Waals surface area contributed by atoms with E-state index in [1.807, 2.05) is 13.0 Å². The average Bonchev–Trinajstić information content (AvgIpc) is 2.48. The summed E-state index contributed by atoms with van der Waals surface area (Å²) in [5, 5.41) is 19.8. The Hall–Kier alpha value is -0.775. The predicted octanol–water partition coefficient (Wildman–Crippen LogP) is 0.577. The van der Waals surface area contributed by atoms with Crippen molar-refractivity contribution in [1.29, 1.82) is 0 Å².